The molecule has 1 atom stereocenters. The van der Waals surface area contributed by atoms with Crippen molar-refractivity contribution in [3.63, 3.8) is 0 Å². The lowest BCUT2D eigenvalue weighted by Gasteiger charge is -2.22. The van der Waals surface area contributed by atoms with E-state index in [1.165, 1.54) is 35.0 Å². The lowest BCUT2D eigenvalue weighted by atomic mass is 10.6. The fourth-order valence-electron chi connectivity index (χ4n) is 0.945. The van der Waals surface area contributed by atoms with Gasteiger partial charge in [0.15, 0.2) is 14.8 Å². The minimum absolute atomic E-state index is 0.601. The van der Waals surface area contributed by atoms with Gasteiger partial charge in [0.05, 0.1) is 5.25 Å². The molecule has 0 heterocycles. The molecule has 0 N–H and O–H groups in total. The Morgan fingerprint density at radius 2 is 1.43 bits per heavy atom. The molecule has 0 saturated heterocycles. The van der Waals surface area contributed by atoms with Gasteiger partial charge >= 0.3 is 7.60 Å². The van der Waals surface area contributed by atoms with E-state index in [1.54, 1.807) is 0 Å². The second-order valence-corrected chi connectivity index (χ2v) is 8.90. The zero-order valence-corrected chi connectivity index (χ0v) is 10.8. The van der Waals surface area contributed by atoms with Crippen molar-refractivity contribution in [3.05, 3.63) is 0 Å². The molecule has 86 valence electrons. The monoisotopic (exact) mass is 244 g/mol. The number of hydrogen-bond acceptors (Lipinski definition) is 5. The highest BCUT2D eigenvalue weighted by atomic mass is 32.2. The number of rotatable bonds is 5. The molecule has 0 bridgehead atoms. The molecular formula is C7H17O5PS. The molecule has 0 spiro atoms. The first-order chi connectivity index (χ1) is 6.22. The molecule has 0 aromatic rings. The summed E-state index contributed by atoms with van der Waals surface area (Å²) in [5.74, 6) is 0. The molecule has 0 aliphatic carbocycles. The van der Waals surface area contributed by atoms with Gasteiger partial charge in [-0.25, -0.2) is 8.42 Å². The third-order valence-corrected chi connectivity index (χ3v) is 7.92. The van der Waals surface area contributed by atoms with Crippen LogP contribution in [0.25, 0.3) is 0 Å². The standard InChI is InChI=1S/C7H17O5PS/c1-6(2)14(9,10)7(3)13(8,11-4)12-5/h6-7H,1-5H3. The van der Waals surface area contributed by atoms with Crippen LogP contribution in [-0.2, 0) is 23.4 Å². The minimum Gasteiger partial charge on any atom is -0.311 e. The quantitative estimate of drug-likeness (QED) is 0.687. The van der Waals surface area contributed by atoms with Crippen molar-refractivity contribution >= 4 is 17.4 Å². The molecule has 7 heteroatoms. The Labute approximate surface area is 85.2 Å². The van der Waals surface area contributed by atoms with Crippen LogP contribution in [0.15, 0.2) is 0 Å². The molecule has 0 saturated carbocycles. The maximum Gasteiger partial charge on any atom is 0.347 e. The van der Waals surface area contributed by atoms with Gasteiger partial charge in [-0.2, -0.15) is 0 Å². The maximum atomic E-state index is 11.8. The minimum atomic E-state index is -3.54. The van der Waals surface area contributed by atoms with Gasteiger partial charge in [-0.15, -0.1) is 0 Å². The van der Waals surface area contributed by atoms with Crippen LogP contribution in [0.2, 0.25) is 0 Å². The first-order valence-corrected chi connectivity index (χ1v) is 7.38. The maximum absolute atomic E-state index is 11.8. The largest absolute Gasteiger partial charge is 0.347 e. The predicted octanol–water partition coefficient (Wildman–Crippen LogP) is 1.64. The van der Waals surface area contributed by atoms with Gasteiger partial charge in [0.2, 0.25) is 0 Å². The van der Waals surface area contributed by atoms with E-state index in [2.05, 4.69) is 9.05 Å². The molecule has 0 amide bonds. The van der Waals surface area contributed by atoms with Gasteiger partial charge in [0.1, 0.15) is 0 Å². The lowest BCUT2D eigenvalue weighted by molar-refractivity contribution is 0.273. The lowest BCUT2D eigenvalue weighted by Crippen LogP contribution is -2.27. The molecule has 0 aliphatic heterocycles. The molecule has 0 aliphatic rings. The molecular weight excluding hydrogens is 227 g/mol. The average Bonchev–Trinajstić information content (AvgIpc) is 2.15. The Bertz CT molecular complexity index is 313. The van der Waals surface area contributed by atoms with Gasteiger partial charge in [-0.3, -0.25) is 4.57 Å². The highest BCUT2D eigenvalue weighted by Gasteiger charge is 2.41. The molecule has 5 nitrogen and oxygen atoms in total. The van der Waals surface area contributed by atoms with Crippen LogP contribution in [0, 0.1) is 0 Å². The first kappa shape index (κ1) is 14.1. The van der Waals surface area contributed by atoms with E-state index in [4.69, 9.17) is 0 Å². The third-order valence-electron chi connectivity index (χ3n) is 2.09. The summed E-state index contributed by atoms with van der Waals surface area (Å²) < 4.78 is 44.4. The van der Waals surface area contributed by atoms with Crippen molar-refractivity contribution in [3.8, 4) is 0 Å². The third kappa shape index (κ3) is 2.57. The van der Waals surface area contributed by atoms with Gasteiger partial charge in [0, 0.05) is 14.2 Å². The van der Waals surface area contributed by atoms with Crippen LogP contribution in [0.5, 0.6) is 0 Å². The molecule has 0 fully saturated rings. The van der Waals surface area contributed by atoms with Gasteiger partial charge in [-0.1, -0.05) is 0 Å². The second kappa shape index (κ2) is 4.75. The van der Waals surface area contributed by atoms with E-state index < -0.39 is 27.7 Å². The van der Waals surface area contributed by atoms with E-state index in [0.717, 1.165) is 0 Å². The van der Waals surface area contributed by atoms with Crippen LogP contribution in [0.3, 0.4) is 0 Å². The summed E-state index contributed by atoms with van der Waals surface area (Å²) in [7, 11) is -4.65. The van der Waals surface area contributed by atoms with E-state index in [0.29, 0.717) is 0 Å². The van der Waals surface area contributed by atoms with Crippen molar-refractivity contribution in [2.75, 3.05) is 14.2 Å². The van der Waals surface area contributed by atoms with Crippen molar-refractivity contribution in [1.82, 2.24) is 0 Å². The second-order valence-electron chi connectivity index (χ2n) is 3.14. The average molecular weight is 244 g/mol. The Morgan fingerprint density at radius 1 is 1.07 bits per heavy atom. The van der Waals surface area contributed by atoms with Gasteiger partial charge in [-0.05, 0) is 20.8 Å². The summed E-state index contributed by atoms with van der Waals surface area (Å²) in [5, 5.41) is -0.601. The predicted molar refractivity (Wildman–Crippen MR) is 55.1 cm³/mol. The highest BCUT2D eigenvalue weighted by Crippen LogP contribution is 2.53. The Morgan fingerprint density at radius 3 is 1.64 bits per heavy atom. The van der Waals surface area contributed by atoms with Crippen molar-refractivity contribution < 1.29 is 22.0 Å². The SMILES string of the molecule is COP(=O)(OC)C(C)S(=O)(=O)C(C)C. The van der Waals surface area contributed by atoms with Crippen LogP contribution >= 0.6 is 7.60 Å². The summed E-state index contributed by atoms with van der Waals surface area (Å²) in [6.07, 6.45) is 0. The van der Waals surface area contributed by atoms with Crippen molar-refractivity contribution in [1.29, 1.82) is 0 Å². The summed E-state index contributed by atoms with van der Waals surface area (Å²) >= 11 is 0. The first-order valence-electron chi connectivity index (χ1n) is 4.16. The van der Waals surface area contributed by atoms with Crippen molar-refractivity contribution in [2.24, 2.45) is 0 Å². The molecule has 1 unspecified atom stereocenters. The molecule has 0 rings (SSSR count). The van der Waals surface area contributed by atoms with Crippen LogP contribution in [-0.4, -0.2) is 32.9 Å². The zero-order valence-electron chi connectivity index (χ0n) is 9.05. The van der Waals surface area contributed by atoms with Gasteiger partial charge < -0.3 is 9.05 Å². The summed E-state index contributed by atoms with van der Waals surface area (Å²) in [5.41, 5.74) is 0. The van der Waals surface area contributed by atoms with Crippen molar-refractivity contribution in [2.45, 2.75) is 31.0 Å². The van der Waals surface area contributed by atoms with E-state index in [1.807, 2.05) is 0 Å². The van der Waals surface area contributed by atoms with E-state index in [-0.39, 0.29) is 0 Å². The normalized spacial score (nSPS) is 15.9. The fourth-order valence-corrected chi connectivity index (χ4v) is 5.16. The fraction of sp³-hybridized carbons (Fsp3) is 1.00. The summed E-state index contributed by atoms with van der Waals surface area (Å²) in [6.45, 7) is 4.39. The number of hydrogen-bond donors (Lipinski definition) is 0. The zero-order chi connectivity index (χ0) is 11.6. The Hall–Kier alpha value is 0.100. The number of sulfone groups is 1. The molecule has 14 heavy (non-hydrogen) atoms. The van der Waals surface area contributed by atoms with Crippen LogP contribution < -0.4 is 0 Å². The summed E-state index contributed by atoms with van der Waals surface area (Å²) in [6, 6.07) is 0. The smallest absolute Gasteiger partial charge is 0.311 e. The van der Waals surface area contributed by atoms with Gasteiger partial charge in [0.25, 0.3) is 0 Å². The van der Waals surface area contributed by atoms with E-state index in [9.17, 15) is 13.0 Å². The topological polar surface area (TPSA) is 69.7 Å². The summed E-state index contributed by atoms with van der Waals surface area (Å²) in [4.78, 5) is -1.13. The van der Waals surface area contributed by atoms with E-state index >= 15 is 0 Å². The van der Waals surface area contributed by atoms with Crippen LogP contribution in [0.1, 0.15) is 20.8 Å². The molecule has 0 aromatic carbocycles. The Kier molecular flexibility index (Phi) is 4.78. The highest BCUT2D eigenvalue weighted by molar-refractivity contribution is 7.99. The Balaban J connectivity index is 5.15. The van der Waals surface area contributed by atoms with Crippen LogP contribution in [0.4, 0.5) is 0 Å². The molecule has 0 aromatic heterocycles. The molecule has 0 radical (unpaired) electrons.